The maximum Gasteiger partial charge on any atom is 0.238 e. The Balaban J connectivity index is 1.05. The summed E-state index contributed by atoms with van der Waals surface area (Å²) < 4.78 is 4.75. The van der Waals surface area contributed by atoms with Crippen LogP contribution in [0, 0.1) is 0 Å². The minimum absolute atomic E-state index is 0.557. The third-order valence-corrected chi connectivity index (χ3v) is 14.7. The van der Waals surface area contributed by atoms with Crippen molar-refractivity contribution in [1.82, 2.24) is 24.1 Å². The zero-order valence-corrected chi connectivity index (χ0v) is 38.9. The molecule has 0 atom stereocenters. The first kappa shape index (κ1) is 40.2. The number of hydrogen-bond acceptors (Lipinski definition) is 3. The molecule has 0 N–H and O–H groups in total. The number of fused-ring (bicyclic) bond motifs is 8. The van der Waals surface area contributed by atoms with Gasteiger partial charge in [-0.3, -0.25) is 4.57 Å². The van der Waals surface area contributed by atoms with Gasteiger partial charge in [0.15, 0.2) is 11.6 Å². The fraction of sp³-hybridized carbons (Fsp3) is 0. The quantitative estimate of drug-likeness (QED) is 0.150. The van der Waals surface area contributed by atoms with Gasteiger partial charge in [0.2, 0.25) is 5.95 Å². The summed E-state index contributed by atoms with van der Waals surface area (Å²) >= 11 is 0. The first-order valence-corrected chi connectivity index (χ1v) is 24.5. The summed E-state index contributed by atoms with van der Waals surface area (Å²) in [5.41, 5.74) is 14.2. The minimum atomic E-state index is 0.557. The molecule has 5 nitrogen and oxygen atoms in total. The van der Waals surface area contributed by atoms with Gasteiger partial charge in [-0.05, 0) is 91.1 Å². The Kier molecular flexibility index (Phi) is 8.89. The first-order chi connectivity index (χ1) is 35.7. The second kappa shape index (κ2) is 15.9. The van der Waals surface area contributed by atoms with Crippen LogP contribution in [-0.4, -0.2) is 24.1 Å². The molecule has 0 aliphatic carbocycles. The molecular weight excluding hydrogens is 875 g/mol. The van der Waals surface area contributed by atoms with Crippen molar-refractivity contribution in [3.63, 3.8) is 0 Å². The van der Waals surface area contributed by atoms with Crippen LogP contribution in [0.4, 0.5) is 0 Å². The molecule has 0 unspecified atom stereocenters. The SMILES string of the molecule is c1ccc(-c2ccc(-c3nc(-c4ccc(-c5ccccc5)cc4)nc(-n4c5cc(-c6cccc7c8ccccc8n(-c8ccccc8)c67)cc6c7ccccc7c7c8ccccc8cc4c7c65)n3)cc2)cc1. The Labute approximate surface area is 414 Å². The van der Waals surface area contributed by atoms with E-state index in [0.29, 0.717) is 17.6 Å². The second-order valence-electron chi connectivity index (χ2n) is 18.7. The molecule has 5 heteroatoms. The molecule has 334 valence electrons. The molecule has 0 spiro atoms. The Bertz CT molecular complexity index is 4470. The van der Waals surface area contributed by atoms with Crippen LogP contribution in [0.25, 0.3) is 144 Å². The van der Waals surface area contributed by atoms with Crippen molar-refractivity contribution in [2.45, 2.75) is 0 Å². The zero-order valence-electron chi connectivity index (χ0n) is 38.9. The number of aromatic nitrogens is 5. The van der Waals surface area contributed by atoms with Crippen molar-refractivity contribution in [3.8, 4) is 67.8 Å². The molecule has 0 bridgehead atoms. The topological polar surface area (TPSA) is 48.5 Å². The molecule has 0 radical (unpaired) electrons. The summed E-state index contributed by atoms with van der Waals surface area (Å²) in [5, 5.41) is 12.0. The van der Waals surface area contributed by atoms with Crippen molar-refractivity contribution in [2.75, 3.05) is 0 Å². The van der Waals surface area contributed by atoms with Gasteiger partial charge in [-0.25, -0.2) is 4.98 Å². The van der Waals surface area contributed by atoms with Gasteiger partial charge >= 0.3 is 0 Å². The first-order valence-electron chi connectivity index (χ1n) is 24.5. The van der Waals surface area contributed by atoms with Crippen LogP contribution < -0.4 is 0 Å². The van der Waals surface area contributed by atoms with Gasteiger partial charge in [-0.1, -0.05) is 212 Å². The largest absolute Gasteiger partial charge is 0.309 e. The van der Waals surface area contributed by atoms with Crippen molar-refractivity contribution < 1.29 is 0 Å². The number of para-hydroxylation sites is 3. The van der Waals surface area contributed by atoms with E-state index >= 15 is 0 Å². The molecule has 0 saturated heterocycles. The van der Waals surface area contributed by atoms with Gasteiger partial charge in [0, 0.05) is 49.3 Å². The number of rotatable bonds is 7. The smallest absolute Gasteiger partial charge is 0.238 e. The zero-order chi connectivity index (χ0) is 47.3. The molecule has 0 aliphatic heterocycles. The summed E-state index contributed by atoms with van der Waals surface area (Å²) in [4.78, 5) is 16.3. The summed E-state index contributed by atoms with van der Waals surface area (Å²) in [5.74, 6) is 1.76. The number of hydrogen-bond donors (Lipinski definition) is 0. The summed E-state index contributed by atoms with van der Waals surface area (Å²) in [6.07, 6.45) is 0. The van der Waals surface area contributed by atoms with E-state index < -0.39 is 0 Å². The van der Waals surface area contributed by atoms with Gasteiger partial charge in [0.05, 0.1) is 22.1 Å². The van der Waals surface area contributed by atoms with E-state index in [0.717, 1.165) is 72.1 Å². The van der Waals surface area contributed by atoms with E-state index in [1.165, 1.54) is 54.0 Å². The van der Waals surface area contributed by atoms with E-state index in [1.54, 1.807) is 0 Å². The van der Waals surface area contributed by atoms with Gasteiger partial charge in [0.1, 0.15) is 0 Å². The number of benzene rings is 12. The molecule has 12 aromatic carbocycles. The van der Waals surface area contributed by atoms with Crippen molar-refractivity contribution in [3.05, 3.63) is 249 Å². The Morgan fingerprint density at radius 3 is 1.44 bits per heavy atom. The highest BCUT2D eigenvalue weighted by Gasteiger charge is 2.26. The maximum atomic E-state index is 5.52. The van der Waals surface area contributed by atoms with E-state index in [9.17, 15) is 0 Å². The molecule has 0 aliphatic rings. The molecule has 15 aromatic rings. The molecule has 0 fully saturated rings. The van der Waals surface area contributed by atoms with Crippen LogP contribution in [0.2, 0.25) is 0 Å². The summed E-state index contributed by atoms with van der Waals surface area (Å²) in [6, 6.07) is 89.3. The highest BCUT2D eigenvalue weighted by Crippen LogP contribution is 2.49. The molecule has 15 rings (SSSR count). The van der Waals surface area contributed by atoms with Crippen LogP contribution in [0.1, 0.15) is 0 Å². The lowest BCUT2D eigenvalue weighted by Gasteiger charge is -2.15. The van der Waals surface area contributed by atoms with Gasteiger partial charge in [-0.15, -0.1) is 0 Å². The lowest BCUT2D eigenvalue weighted by molar-refractivity contribution is 0.954. The van der Waals surface area contributed by atoms with Crippen molar-refractivity contribution >= 4 is 75.9 Å². The normalized spacial score (nSPS) is 11.9. The lowest BCUT2D eigenvalue weighted by atomic mass is 9.89. The molecule has 3 heterocycles. The summed E-state index contributed by atoms with van der Waals surface area (Å²) in [7, 11) is 0. The molecule has 0 saturated carbocycles. The van der Waals surface area contributed by atoms with Crippen molar-refractivity contribution in [1.29, 1.82) is 0 Å². The van der Waals surface area contributed by atoms with Crippen LogP contribution >= 0.6 is 0 Å². The molecule has 3 aromatic heterocycles. The monoisotopic (exact) mass is 915 g/mol. The van der Waals surface area contributed by atoms with E-state index in [2.05, 4.69) is 258 Å². The summed E-state index contributed by atoms with van der Waals surface area (Å²) in [6.45, 7) is 0. The van der Waals surface area contributed by atoms with Gasteiger partial charge in [-0.2, -0.15) is 9.97 Å². The average Bonchev–Trinajstić information content (AvgIpc) is 3.98. The fourth-order valence-corrected chi connectivity index (χ4v) is 11.5. The Morgan fingerprint density at radius 2 is 0.778 bits per heavy atom. The van der Waals surface area contributed by atoms with E-state index in [4.69, 9.17) is 15.0 Å². The third kappa shape index (κ3) is 6.17. The van der Waals surface area contributed by atoms with E-state index in [-0.39, 0.29) is 0 Å². The van der Waals surface area contributed by atoms with Crippen LogP contribution in [-0.2, 0) is 0 Å². The van der Waals surface area contributed by atoms with Crippen LogP contribution in [0.15, 0.2) is 249 Å². The predicted octanol–water partition coefficient (Wildman–Crippen LogP) is 17.3. The minimum Gasteiger partial charge on any atom is -0.309 e. The maximum absolute atomic E-state index is 5.52. The third-order valence-electron chi connectivity index (χ3n) is 14.7. The highest BCUT2D eigenvalue weighted by molar-refractivity contribution is 6.39. The van der Waals surface area contributed by atoms with E-state index in [1.807, 2.05) is 0 Å². The predicted molar refractivity (Wildman–Crippen MR) is 299 cm³/mol. The van der Waals surface area contributed by atoms with Gasteiger partial charge in [0.25, 0.3) is 0 Å². The van der Waals surface area contributed by atoms with Gasteiger partial charge < -0.3 is 4.57 Å². The molecular formula is C67H41N5. The molecule has 72 heavy (non-hydrogen) atoms. The van der Waals surface area contributed by atoms with Crippen molar-refractivity contribution in [2.24, 2.45) is 0 Å². The standard InChI is InChI=1S/C67H41N5/c1-4-17-42(18-5-1)44-31-35-46(36-32-44)65-68-66(47-37-33-45(34-38-47)43-19-6-2-7-20-43)70-67(69-65)72-59-41-49(52-28-16-29-56-54-26-14-15-30-58(54)71(64(52)56)50-22-8-3-9-23-50)39-57-53-25-12-13-27-55(53)61-51-24-11-10-21-48(51)40-60(72)63(61)62(57)59/h1-41H. The van der Waals surface area contributed by atoms with Crippen LogP contribution in [0.5, 0.6) is 0 Å². The average molecular weight is 916 g/mol. The highest BCUT2D eigenvalue weighted by atomic mass is 15.2. The molecule has 0 amide bonds. The Morgan fingerprint density at radius 1 is 0.264 bits per heavy atom. The second-order valence-corrected chi connectivity index (χ2v) is 18.7. The fourth-order valence-electron chi connectivity index (χ4n) is 11.5. The lowest BCUT2D eigenvalue weighted by Crippen LogP contribution is -2.06. The number of nitrogens with zero attached hydrogens (tertiary/aromatic N) is 5. The van der Waals surface area contributed by atoms with Crippen LogP contribution in [0.3, 0.4) is 0 Å². The Hall–Kier alpha value is -9.71.